The largest absolute Gasteiger partial charge is 0.343 e. The third-order valence-electron chi connectivity index (χ3n) is 4.30. The van der Waals surface area contributed by atoms with E-state index in [0.29, 0.717) is 5.92 Å². The van der Waals surface area contributed by atoms with Crippen LogP contribution in [0.5, 0.6) is 0 Å². The van der Waals surface area contributed by atoms with E-state index >= 15 is 0 Å². The van der Waals surface area contributed by atoms with Crippen LogP contribution in [0, 0.1) is 19.8 Å². The van der Waals surface area contributed by atoms with Crippen LogP contribution in [0.4, 0.5) is 10.9 Å². The number of anilines is 2. The number of carbonyl (C=O) groups is 1. The molecule has 0 spiro atoms. The van der Waals surface area contributed by atoms with E-state index in [4.69, 9.17) is 0 Å². The number of nitrogens with zero attached hydrogens (tertiary/aromatic N) is 4. The molecular weight excluding hydrogens is 322 g/mol. The van der Waals surface area contributed by atoms with E-state index in [1.54, 1.807) is 18.3 Å². The first kappa shape index (κ1) is 16.8. The molecule has 2 aromatic heterocycles. The number of hydrogen-bond donors (Lipinski definition) is 1. The molecule has 3 heterocycles. The van der Waals surface area contributed by atoms with Gasteiger partial charge in [0.2, 0.25) is 5.91 Å². The van der Waals surface area contributed by atoms with Gasteiger partial charge in [-0.25, -0.2) is 15.0 Å². The van der Waals surface area contributed by atoms with Gasteiger partial charge in [-0.1, -0.05) is 0 Å². The zero-order valence-electron chi connectivity index (χ0n) is 14.4. The first-order chi connectivity index (χ1) is 11.5. The van der Waals surface area contributed by atoms with Gasteiger partial charge in [0.1, 0.15) is 11.6 Å². The maximum atomic E-state index is 11.4. The van der Waals surface area contributed by atoms with Crippen LogP contribution in [0.1, 0.15) is 36.2 Å². The highest BCUT2D eigenvalue weighted by Gasteiger charge is 2.21. The lowest BCUT2D eigenvalue weighted by Crippen LogP contribution is -2.37. The van der Waals surface area contributed by atoms with Crippen molar-refractivity contribution >= 4 is 28.2 Å². The Labute approximate surface area is 146 Å². The van der Waals surface area contributed by atoms with Crippen molar-refractivity contribution in [1.82, 2.24) is 19.9 Å². The van der Waals surface area contributed by atoms with Crippen LogP contribution in [0.25, 0.3) is 0 Å². The monoisotopic (exact) mass is 345 g/mol. The quantitative estimate of drug-likeness (QED) is 0.922. The van der Waals surface area contributed by atoms with E-state index in [1.807, 2.05) is 31.0 Å². The number of nitrogens with one attached hydrogen (secondary N) is 1. The Kier molecular flexibility index (Phi) is 5.08. The Morgan fingerprint density at radius 1 is 1.33 bits per heavy atom. The van der Waals surface area contributed by atoms with Crippen molar-refractivity contribution in [1.29, 1.82) is 0 Å². The first-order valence-electron chi connectivity index (χ1n) is 8.29. The third kappa shape index (κ3) is 4.29. The number of aryl methyl sites for hydroxylation is 2. The van der Waals surface area contributed by atoms with Crippen molar-refractivity contribution < 1.29 is 4.79 Å². The summed E-state index contributed by atoms with van der Waals surface area (Å²) in [6, 6.07) is 2.01. The fourth-order valence-electron chi connectivity index (χ4n) is 3.07. The molecule has 1 aliphatic rings. The van der Waals surface area contributed by atoms with E-state index in [-0.39, 0.29) is 5.91 Å². The molecule has 24 heavy (non-hydrogen) atoms. The lowest BCUT2D eigenvalue weighted by atomic mass is 9.92. The summed E-state index contributed by atoms with van der Waals surface area (Å²) < 4.78 is 0. The van der Waals surface area contributed by atoms with Crippen LogP contribution < -0.4 is 5.32 Å². The maximum Gasteiger partial charge on any atom is 0.219 e. The molecule has 1 saturated heterocycles. The Hall–Kier alpha value is -2.02. The van der Waals surface area contributed by atoms with Crippen LogP contribution in [0.15, 0.2) is 12.3 Å². The second kappa shape index (κ2) is 7.25. The van der Waals surface area contributed by atoms with Crippen molar-refractivity contribution in [2.75, 3.05) is 18.4 Å². The van der Waals surface area contributed by atoms with Crippen LogP contribution in [-0.2, 0) is 11.2 Å². The molecule has 0 atom stereocenters. The molecule has 1 N–H and O–H groups in total. The predicted octanol–water partition coefficient (Wildman–Crippen LogP) is 3.09. The highest BCUT2D eigenvalue weighted by molar-refractivity contribution is 7.15. The number of amides is 1. The predicted molar refractivity (Wildman–Crippen MR) is 95.6 cm³/mol. The van der Waals surface area contributed by atoms with Crippen molar-refractivity contribution in [3.63, 3.8) is 0 Å². The summed E-state index contributed by atoms with van der Waals surface area (Å²) in [6.07, 6.45) is 4.86. The van der Waals surface area contributed by atoms with Crippen LogP contribution >= 0.6 is 11.3 Å². The minimum Gasteiger partial charge on any atom is -0.343 e. The smallest absolute Gasteiger partial charge is 0.219 e. The summed E-state index contributed by atoms with van der Waals surface area (Å²) in [5.74, 6) is 2.32. The summed E-state index contributed by atoms with van der Waals surface area (Å²) >= 11 is 1.61. The van der Waals surface area contributed by atoms with Gasteiger partial charge in [-0.05, 0) is 39.0 Å². The number of carbonyl (C=O) groups excluding carboxylic acids is 1. The van der Waals surface area contributed by atoms with Crippen LogP contribution in [0.2, 0.25) is 0 Å². The van der Waals surface area contributed by atoms with Gasteiger partial charge >= 0.3 is 0 Å². The Morgan fingerprint density at radius 2 is 2.08 bits per heavy atom. The Bertz CT molecular complexity index is 722. The number of likely N-dealkylation sites (tertiary alicyclic amines) is 1. The number of piperidine rings is 1. The van der Waals surface area contributed by atoms with E-state index < -0.39 is 0 Å². The second-order valence-electron chi connectivity index (χ2n) is 6.35. The fourth-order valence-corrected chi connectivity index (χ4v) is 3.74. The van der Waals surface area contributed by atoms with Crippen LogP contribution in [-0.4, -0.2) is 38.8 Å². The first-order valence-corrected chi connectivity index (χ1v) is 9.11. The lowest BCUT2D eigenvalue weighted by Gasteiger charge is -2.31. The molecule has 0 bridgehead atoms. The zero-order valence-corrected chi connectivity index (χ0v) is 15.2. The molecule has 7 heteroatoms. The average Bonchev–Trinajstić information content (AvgIpc) is 2.92. The zero-order chi connectivity index (χ0) is 17.1. The molecule has 0 aliphatic carbocycles. The number of thiazole rings is 1. The van der Waals surface area contributed by atoms with Gasteiger partial charge in [0.15, 0.2) is 5.13 Å². The highest BCUT2D eigenvalue weighted by Crippen LogP contribution is 2.24. The molecule has 1 amide bonds. The van der Waals surface area contributed by atoms with Gasteiger partial charge in [-0.15, -0.1) is 11.3 Å². The summed E-state index contributed by atoms with van der Waals surface area (Å²) in [6.45, 7) is 7.31. The van der Waals surface area contributed by atoms with E-state index in [0.717, 1.165) is 54.8 Å². The minimum absolute atomic E-state index is 0.177. The molecule has 0 aromatic carbocycles. The van der Waals surface area contributed by atoms with Gasteiger partial charge < -0.3 is 10.2 Å². The number of aromatic nitrogens is 3. The molecular formula is C17H23N5OS. The lowest BCUT2D eigenvalue weighted by molar-refractivity contribution is -0.130. The molecule has 0 saturated carbocycles. The minimum atomic E-state index is 0.177. The summed E-state index contributed by atoms with van der Waals surface area (Å²) in [5.41, 5.74) is 1.06. The highest BCUT2D eigenvalue weighted by atomic mass is 32.1. The topological polar surface area (TPSA) is 71.0 Å². The van der Waals surface area contributed by atoms with Crippen molar-refractivity contribution in [3.8, 4) is 0 Å². The fraction of sp³-hybridized carbons (Fsp3) is 0.529. The van der Waals surface area contributed by atoms with Gasteiger partial charge in [0.25, 0.3) is 0 Å². The van der Waals surface area contributed by atoms with Gasteiger partial charge in [-0.2, -0.15) is 0 Å². The summed E-state index contributed by atoms with van der Waals surface area (Å²) in [4.78, 5) is 27.9. The molecule has 128 valence electrons. The van der Waals surface area contributed by atoms with Crippen molar-refractivity contribution in [2.24, 2.45) is 5.92 Å². The summed E-state index contributed by atoms with van der Waals surface area (Å²) in [7, 11) is 0. The van der Waals surface area contributed by atoms with Crippen molar-refractivity contribution in [2.45, 2.75) is 40.0 Å². The molecule has 3 rings (SSSR count). The third-order valence-corrected chi connectivity index (χ3v) is 5.13. The SMILES string of the molecule is CC(=O)N1CCC(Cc2cc(Nc3ncc(C)s3)nc(C)n2)CC1. The maximum absolute atomic E-state index is 11.4. The molecule has 2 aromatic rings. The Balaban J connectivity index is 1.65. The Morgan fingerprint density at radius 3 is 2.71 bits per heavy atom. The van der Waals surface area contributed by atoms with E-state index in [2.05, 4.69) is 20.3 Å². The molecule has 0 radical (unpaired) electrons. The number of hydrogen-bond acceptors (Lipinski definition) is 6. The second-order valence-corrected chi connectivity index (χ2v) is 7.58. The molecule has 0 unspecified atom stereocenters. The van der Waals surface area contributed by atoms with Gasteiger partial charge in [0.05, 0.1) is 0 Å². The van der Waals surface area contributed by atoms with E-state index in [1.165, 1.54) is 4.88 Å². The van der Waals surface area contributed by atoms with Crippen molar-refractivity contribution in [3.05, 3.63) is 28.7 Å². The molecule has 1 fully saturated rings. The van der Waals surface area contributed by atoms with Crippen LogP contribution in [0.3, 0.4) is 0 Å². The molecule has 1 aliphatic heterocycles. The van der Waals surface area contributed by atoms with E-state index in [9.17, 15) is 4.79 Å². The van der Waals surface area contributed by atoms with Gasteiger partial charge in [0, 0.05) is 42.8 Å². The normalized spacial score (nSPS) is 15.5. The van der Waals surface area contributed by atoms with Gasteiger partial charge in [-0.3, -0.25) is 4.79 Å². The number of rotatable bonds is 4. The standard InChI is InChI=1S/C17H23N5OS/c1-11-10-18-17(24-11)21-16-9-15(19-12(2)20-16)8-14-4-6-22(7-5-14)13(3)23/h9-10,14H,4-8H2,1-3H3,(H,18,19,20,21). The molecule has 6 nitrogen and oxygen atoms in total. The average molecular weight is 345 g/mol. The summed E-state index contributed by atoms with van der Waals surface area (Å²) in [5, 5.41) is 4.12.